The van der Waals surface area contributed by atoms with Gasteiger partial charge in [-0.3, -0.25) is 9.78 Å². The molecule has 1 fully saturated rings. The molecule has 0 aliphatic heterocycles. The summed E-state index contributed by atoms with van der Waals surface area (Å²) in [4.78, 5) is 20.7. The van der Waals surface area contributed by atoms with Crippen LogP contribution in [0.5, 0.6) is 0 Å². The predicted octanol–water partition coefficient (Wildman–Crippen LogP) is 3.33. The number of carbonyl (C=O) groups is 1. The summed E-state index contributed by atoms with van der Waals surface area (Å²) in [5.41, 5.74) is 13.9. The minimum atomic E-state index is -0.772. The third-order valence-corrected chi connectivity index (χ3v) is 5.62. The highest BCUT2D eigenvalue weighted by Crippen LogP contribution is 2.30. The molecule has 0 bridgehead atoms. The first-order valence-corrected chi connectivity index (χ1v) is 10.3. The number of rotatable bonds is 6. The Kier molecular flexibility index (Phi) is 5.85. The summed E-state index contributed by atoms with van der Waals surface area (Å²) in [5, 5.41) is 10.2. The molecular weight excluding hydrogens is 397 g/mol. The Hall–Kier alpha value is -3.46. The minimum Gasteiger partial charge on any atom is -0.386 e. The van der Waals surface area contributed by atoms with Crippen molar-refractivity contribution in [2.45, 2.75) is 37.8 Å². The standard InChI is InChI=1S/C22H26FN7O/c1-26-18-10-13(9-12-5-4-8-27-19(12)18)28-21-14(20(25)31)11-15(23)22(30-21)29-17-7-3-2-6-16(17)24/h4-5,8-11,16-17,26H,2-3,6-7,24H2,1H3,(H2,25,31)(H2,28,29,30). The van der Waals surface area contributed by atoms with E-state index in [0.29, 0.717) is 5.69 Å². The number of nitrogens with zero attached hydrogens (tertiary/aromatic N) is 2. The highest BCUT2D eigenvalue weighted by atomic mass is 19.1. The van der Waals surface area contributed by atoms with Crippen LogP contribution in [-0.2, 0) is 0 Å². The summed E-state index contributed by atoms with van der Waals surface area (Å²) in [6.45, 7) is 0. The Balaban J connectivity index is 1.71. The van der Waals surface area contributed by atoms with Gasteiger partial charge in [0.05, 0.1) is 16.8 Å². The van der Waals surface area contributed by atoms with E-state index in [1.165, 1.54) is 0 Å². The average molecular weight is 423 g/mol. The van der Waals surface area contributed by atoms with Crippen LogP contribution in [0.2, 0.25) is 0 Å². The molecule has 2 aromatic heterocycles. The third kappa shape index (κ3) is 4.36. The van der Waals surface area contributed by atoms with Crippen molar-refractivity contribution < 1.29 is 9.18 Å². The number of anilines is 4. The van der Waals surface area contributed by atoms with Crippen LogP contribution in [0.25, 0.3) is 10.9 Å². The second-order valence-corrected chi connectivity index (χ2v) is 7.75. The van der Waals surface area contributed by atoms with E-state index in [2.05, 4.69) is 25.9 Å². The van der Waals surface area contributed by atoms with Crippen LogP contribution in [0, 0.1) is 5.82 Å². The van der Waals surface area contributed by atoms with Gasteiger partial charge in [-0.25, -0.2) is 9.37 Å². The Morgan fingerprint density at radius 1 is 1.19 bits per heavy atom. The smallest absolute Gasteiger partial charge is 0.252 e. The van der Waals surface area contributed by atoms with E-state index in [9.17, 15) is 9.18 Å². The molecular formula is C22H26FN7O. The summed E-state index contributed by atoms with van der Waals surface area (Å²) >= 11 is 0. The Morgan fingerprint density at radius 2 is 2.00 bits per heavy atom. The van der Waals surface area contributed by atoms with Crippen LogP contribution in [-0.4, -0.2) is 35.0 Å². The fourth-order valence-electron chi connectivity index (χ4n) is 3.98. The minimum absolute atomic E-state index is 0.0340. The lowest BCUT2D eigenvalue weighted by Crippen LogP contribution is -2.43. The molecule has 1 aliphatic carbocycles. The monoisotopic (exact) mass is 423 g/mol. The lowest BCUT2D eigenvalue weighted by atomic mass is 9.91. The van der Waals surface area contributed by atoms with Crippen molar-refractivity contribution in [1.82, 2.24) is 9.97 Å². The molecule has 0 radical (unpaired) electrons. The van der Waals surface area contributed by atoms with Crippen molar-refractivity contribution in [2.24, 2.45) is 11.5 Å². The summed E-state index contributed by atoms with van der Waals surface area (Å²) < 4.78 is 14.7. The largest absolute Gasteiger partial charge is 0.386 e. The summed E-state index contributed by atoms with van der Waals surface area (Å²) in [7, 11) is 1.80. The molecule has 2 heterocycles. The first kappa shape index (κ1) is 20.8. The van der Waals surface area contributed by atoms with Crippen molar-refractivity contribution in [3.8, 4) is 0 Å². The van der Waals surface area contributed by atoms with Gasteiger partial charge in [-0.1, -0.05) is 18.9 Å². The molecule has 31 heavy (non-hydrogen) atoms. The van der Waals surface area contributed by atoms with Gasteiger partial charge in [-0.2, -0.15) is 0 Å². The quantitative estimate of drug-likeness (QED) is 0.411. The van der Waals surface area contributed by atoms with Crippen molar-refractivity contribution in [1.29, 1.82) is 0 Å². The highest BCUT2D eigenvalue weighted by Gasteiger charge is 2.24. The maximum Gasteiger partial charge on any atom is 0.252 e. The molecule has 2 unspecified atom stereocenters. The molecule has 8 nitrogen and oxygen atoms in total. The zero-order chi connectivity index (χ0) is 22.0. The molecule has 1 saturated carbocycles. The number of nitrogens with one attached hydrogen (secondary N) is 3. The number of amides is 1. The van der Waals surface area contributed by atoms with E-state index in [0.717, 1.165) is 48.3 Å². The van der Waals surface area contributed by atoms with E-state index in [4.69, 9.17) is 11.5 Å². The van der Waals surface area contributed by atoms with Crippen molar-refractivity contribution in [3.05, 3.63) is 47.9 Å². The van der Waals surface area contributed by atoms with Crippen molar-refractivity contribution >= 4 is 39.8 Å². The first-order chi connectivity index (χ1) is 15.0. The van der Waals surface area contributed by atoms with Crippen LogP contribution in [0.4, 0.5) is 27.4 Å². The Bertz CT molecular complexity index is 1120. The van der Waals surface area contributed by atoms with Crippen LogP contribution in [0.1, 0.15) is 36.0 Å². The number of hydrogen-bond acceptors (Lipinski definition) is 7. The van der Waals surface area contributed by atoms with Gasteiger partial charge in [0.15, 0.2) is 11.6 Å². The fraction of sp³-hybridized carbons (Fsp3) is 0.318. The predicted molar refractivity (Wildman–Crippen MR) is 121 cm³/mol. The van der Waals surface area contributed by atoms with Crippen LogP contribution in [0.15, 0.2) is 36.5 Å². The van der Waals surface area contributed by atoms with Gasteiger partial charge >= 0.3 is 0 Å². The summed E-state index contributed by atoms with van der Waals surface area (Å²) in [5.74, 6) is -1.20. The van der Waals surface area contributed by atoms with Gasteiger partial charge in [-0.05, 0) is 37.1 Å². The molecule has 1 amide bonds. The number of hydrogen-bond donors (Lipinski definition) is 5. The normalized spacial score (nSPS) is 18.5. The first-order valence-electron chi connectivity index (χ1n) is 10.3. The molecule has 1 aromatic carbocycles. The second kappa shape index (κ2) is 8.73. The molecule has 3 aromatic rings. The Labute approximate surface area is 179 Å². The maximum atomic E-state index is 14.7. The highest BCUT2D eigenvalue weighted by molar-refractivity contribution is 5.99. The number of aromatic nitrogens is 2. The molecule has 9 heteroatoms. The van der Waals surface area contributed by atoms with Crippen LogP contribution in [0.3, 0.4) is 0 Å². The van der Waals surface area contributed by atoms with Crippen LogP contribution < -0.4 is 27.4 Å². The number of benzene rings is 1. The lowest BCUT2D eigenvalue weighted by molar-refractivity contribution is 0.100. The van der Waals surface area contributed by atoms with Gasteiger partial charge in [0.1, 0.15) is 5.82 Å². The second-order valence-electron chi connectivity index (χ2n) is 7.75. The molecule has 2 atom stereocenters. The number of halogens is 1. The molecule has 0 spiro atoms. The Morgan fingerprint density at radius 3 is 2.74 bits per heavy atom. The SMILES string of the molecule is CNc1cc(Nc2nc(NC3CCCCC3N)c(F)cc2C(N)=O)cc2cccnc12. The van der Waals surface area contributed by atoms with Gasteiger partial charge in [0.2, 0.25) is 0 Å². The lowest BCUT2D eigenvalue weighted by Gasteiger charge is -2.30. The van der Waals surface area contributed by atoms with Gasteiger partial charge in [-0.15, -0.1) is 0 Å². The number of pyridine rings is 2. The molecule has 1 aliphatic rings. The van der Waals surface area contributed by atoms with E-state index in [-0.39, 0.29) is 29.3 Å². The number of nitrogens with two attached hydrogens (primary N) is 2. The van der Waals surface area contributed by atoms with E-state index in [1.54, 1.807) is 13.2 Å². The van der Waals surface area contributed by atoms with Crippen molar-refractivity contribution in [3.63, 3.8) is 0 Å². The zero-order valence-corrected chi connectivity index (χ0v) is 17.3. The van der Waals surface area contributed by atoms with Gasteiger partial charge < -0.3 is 27.4 Å². The number of carbonyl (C=O) groups excluding carboxylic acids is 1. The maximum absolute atomic E-state index is 14.7. The van der Waals surface area contributed by atoms with Gasteiger partial charge in [0, 0.05) is 36.4 Å². The summed E-state index contributed by atoms with van der Waals surface area (Å²) in [6.07, 6.45) is 5.52. The zero-order valence-electron chi connectivity index (χ0n) is 17.3. The molecule has 7 N–H and O–H groups in total. The third-order valence-electron chi connectivity index (χ3n) is 5.62. The summed E-state index contributed by atoms with van der Waals surface area (Å²) in [6, 6.07) is 8.44. The van der Waals surface area contributed by atoms with Gasteiger partial charge in [0.25, 0.3) is 5.91 Å². The van der Waals surface area contributed by atoms with E-state index < -0.39 is 11.7 Å². The van der Waals surface area contributed by atoms with E-state index >= 15 is 0 Å². The van der Waals surface area contributed by atoms with E-state index in [1.807, 2.05) is 24.3 Å². The molecule has 162 valence electrons. The van der Waals surface area contributed by atoms with Crippen LogP contribution >= 0.6 is 0 Å². The molecule has 4 rings (SSSR count). The number of primary amides is 1. The number of fused-ring (bicyclic) bond motifs is 1. The fourth-order valence-corrected chi connectivity index (χ4v) is 3.98. The van der Waals surface area contributed by atoms with Crippen molar-refractivity contribution in [2.75, 3.05) is 23.0 Å². The average Bonchev–Trinajstić information content (AvgIpc) is 2.76. The topological polar surface area (TPSA) is 131 Å². The molecule has 0 saturated heterocycles.